The van der Waals surface area contributed by atoms with E-state index in [1.54, 1.807) is 26.1 Å². The zero-order valence-electron chi connectivity index (χ0n) is 11.4. The molecule has 0 spiro atoms. The van der Waals surface area contributed by atoms with Crippen LogP contribution in [0.5, 0.6) is 5.75 Å². The maximum Gasteiger partial charge on any atom is 0.267 e. The smallest absolute Gasteiger partial charge is 0.267 e. The minimum Gasteiger partial charge on any atom is -0.478 e. The van der Waals surface area contributed by atoms with E-state index >= 15 is 0 Å². The first kappa shape index (κ1) is 14.1. The monoisotopic (exact) mass is 273 g/mol. The molecule has 0 heterocycles. The predicted octanol–water partition coefficient (Wildman–Crippen LogP) is 3.26. The van der Waals surface area contributed by atoms with Crippen molar-refractivity contribution in [2.75, 3.05) is 11.9 Å². The molecule has 4 heteroatoms. The van der Waals surface area contributed by atoms with Crippen molar-refractivity contribution in [1.82, 2.24) is 0 Å². The van der Waals surface area contributed by atoms with Crippen LogP contribution in [0.3, 0.4) is 0 Å². The third-order valence-corrected chi connectivity index (χ3v) is 2.96. The molecule has 0 N–H and O–H groups in total. The summed E-state index contributed by atoms with van der Waals surface area (Å²) in [5, 5.41) is 0. The molecule has 0 saturated heterocycles. The second-order valence-electron chi connectivity index (χ2n) is 4.42. The highest BCUT2D eigenvalue weighted by Gasteiger charge is 2.21. The number of carbonyl (C=O) groups excluding carboxylic acids is 1. The predicted molar refractivity (Wildman–Crippen MR) is 76.3 cm³/mol. The summed E-state index contributed by atoms with van der Waals surface area (Å²) in [6.45, 7) is 1.61. The van der Waals surface area contributed by atoms with E-state index in [4.69, 9.17) is 4.74 Å². The Kier molecular flexibility index (Phi) is 4.35. The van der Waals surface area contributed by atoms with Gasteiger partial charge in [-0.3, -0.25) is 4.79 Å². The summed E-state index contributed by atoms with van der Waals surface area (Å²) in [4.78, 5) is 13.7. The summed E-state index contributed by atoms with van der Waals surface area (Å²) < 4.78 is 18.9. The fraction of sp³-hybridized carbons (Fsp3) is 0.188. The maximum atomic E-state index is 13.5. The molecule has 2 aromatic carbocycles. The van der Waals surface area contributed by atoms with Crippen molar-refractivity contribution in [1.29, 1.82) is 0 Å². The molecule has 0 aliphatic rings. The van der Waals surface area contributed by atoms with Gasteiger partial charge < -0.3 is 9.64 Å². The van der Waals surface area contributed by atoms with Crippen molar-refractivity contribution in [2.24, 2.45) is 0 Å². The molecule has 0 bridgehead atoms. The van der Waals surface area contributed by atoms with Gasteiger partial charge in [-0.2, -0.15) is 0 Å². The average Bonchev–Trinajstić information content (AvgIpc) is 2.49. The molecule has 0 fully saturated rings. The number of halogens is 1. The van der Waals surface area contributed by atoms with Gasteiger partial charge in [0.15, 0.2) is 17.7 Å². The normalized spacial score (nSPS) is 11.8. The Morgan fingerprint density at radius 3 is 2.35 bits per heavy atom. The number of likely N-dealkylation sites (N-methyl/N-ethyl adjacent to an activating group) is 1. The molecule has 0 aromatic heterocycles. The molecular formula is C16H16FNO2. The van der Waals surface area contributed by atoms with Crippen molar-refractivity contribution in [2.45, 2.75) is 13.0 Å². The number of ether oxygens (including phenoxy) is 1. The molecule has 2 aromatic rings. The van der Waals surface area contributed by atoms with Crippen LogP contribution in [0.2, 0.25) is 0 Å². The lowest BCUT2D eigenvalue weighted by molar-refractivity contribution is -0.124. The molecule has 0 saturated carbocycles. The topological polar surface area (TPSA) is 29.5 Å². The van der Waals surface area contributed by atoms with Gasteiger partial charge in [-0.05, 0) is 31.2 Å². The Hall–Kier alpha value is -2.36. The van der Waals surface area contributed by atoms with Gasteiger partial charge in [-0.25, -0.2) is 4.39 Å². The van der Waals surface area contributed by atoms with E-state index in [0.717, 1.165) is 5.69 Å². The Bertz CT molecular complexity index is 586. The summed E-state index contributed by atoms with van der Waals surface area (Å²) in [6.07, 6.45) is -0.767. The van der Waals surface area contributed by atoms with Crippen LogP contribution in [0, 0.1) is 5.82 Å². The SMILES string of the molecule is CC(Oc1ccccc1F)C(=O)N(C)c1ccccc1. The van der Waals surface area contributed by atoms with Crippen molar-refractivity contribution < 1.29 is 13.9 Å². The fourth-order valence-electron chi connectivity index (χ4n) is 1.83. The van der Waals surface area contributed by atoms with Crippen molar-refractivity contribution in [3.63, 3.8) is 0 Å². The largest absolute Gasteiger partial charge is 0.478 e. The first-order valence-corrected chi connectivity index (χ1v) is 6.33. The third-order valence-electron chi connectivity index (χ3n) is 2.96. The average molecular weight is 273 g/mol. The standard InChI is InChI=1S/C16H16FNO2/c1-12(20-15-11-7-6-10-14(15)17)16(19)18(2)13-8-4-3-5-9-13/h3-12H,1-2H3. The Morgan fingerprint density at radius 1 is 1.10 bits per heavy atom. The molecule has 104 valence electrons. The minimum atomic E-state index is -0.767. The van der Waals surface area contributed by atoms with Crippen LogP contribution in [0.25, 0.3) is 0 Å². The summed E-state index contributed by atoms with van der Waals surface area (Å²) in [6, 6.07) is 15.3. The number of hydrogen-bond donors (Lipinski definition) is 0. The number of anilines is 1. The summed E-state index contributed by atoms with van der Waals surface area (Å²) in [7, 11) is 1.67. The quantitative estimate of drug-likeness (QED) is 0.855. The molecule has 1 atom stereocenters. The van der Waals surface area contributed by atoms with E-state index in [9.17, 15) is 9.18 Å². The lowest BCUT2D eigenvalue weighted by Gasteiger charge is -2.22. The van der Waals surface area contributed by atoms with Crippen LogP contribution in [-0.4, -0.2) is 19.1 Å². The van der Waals surface area contributed by atoms with E-state index in [1.807, 2.05) is 30.3 Å². The van der Waals surface area contributed by atoms with Crippen LogP contribution in [0.1, 0.15) is 6.92 Å². The van der Waals surface area contributed by atoms with Crippen LogP contribution in [0.4, 0.5) is 10.1 Å². The zero-order valence-corrected chi connectivity index (χ0v) is 11.4. The highest BCUT2D eigenvalue weighted by Crippen LogP contribution is 2.19. The molecule has 1 unspecified atom stereocenters. The first-order chi connectivity index (χ1) is 9.59. The lowest BCUT2D eigenvalue weighted by atomic mass is 10.2. The van der Waals surface area contributed by atoms with E-state index in [2.05, 4.69) is 0 Å². The zero-order chi connectivity index (χ0) is 14.5. The van der Waals surface area contributed by atoms with Gasteiger partial charge in [0, 0.05) is 12.7 Å². The van der Waals surface area contributed by atoms with Gasteiger partial charge in [0.05, 0.1) is 0 Å². The molecule has 20 heavy (non-hydrogen) atoms. The fourth-order valence-corrected chi connectivity index (χ4v) is 1.83. The second kappa shape index (κ2) is 6.19. The summed E-state index contributed by atoms with van der Waals surface area (Å²) >= 11 is 0. The Labute approximate surface area is 117 Å². The van der Waals surface area contributed by atoms with Gasteiger partial charge in [0.2, 0.25) is 0 Å². The highest BCUT2D eigenvalue weighted by molar-refractivity contribution is 5.95. The second-order valence-corrected chi connectivity index (χ2v) is 4.42. The summed E-state index contributed by atoms with van der Waals surface area (Å²) in [5.74, 6) is -0.635. The van der Waals surface area contributed by atoms with Gasteiger partial charge in [0.25, 0.3) is 5.91 Å². The van der Waals surface area contributed by atoms with Crippen molar-refractivity contribution in [3.8, 4) is 5.75 Å². The molecule has 0 aliphatic carbocycles. The molecule has 2 rings (SSSR count). The molecule has 3 nitrogen and oxygen atoms in total. The van der Waals surface area contributed by atoms with Crippen LogP contribution in [-0.2, 0) is 4.79 Å². The number of nitrogens with zero attached hydrogens (tertiary/aromatic N) is 1. The van der Waals surface area contributed by atoms with Gasteiger partial charge in [0.1, 0.15) is 0 Å². The van der Waals surface area contributed by atoms with Gasteiger partial charge in [-0.1, -0.05) is 30.3 Å². The lowest BCUT2D eigenvalue weighted by Crippen LogP contribution is -2.38. The number of carbonyl (C=O) groups is 1. The van der Waals surface area contributed by atoms with Crippen LogP contribution >= 0.6 is 0 Å². The third kappa shape index (κ3) is 3.15. The molecule has 0 radical (unpaired) electrons. The highest BCUT2D eigenvalue weighted by atomic mass is 19.1. The number of rotatable bonds is 4. The van der Waals surface area contributed by atoms with Crippen LogP contribution in [0.15, 0.2) is 54.6 Å². The Morgan fingerprint density at radius 2 is 1.70 bits per heavy atom. The van der Waals surface area contributed by atoms with E-state index in [-0.39, 0.29) is 11.7 Å². The number of para-hydroxylation sites is 2. The molecule has 0 aliphatic heterocycles. The number of benzene rings is 2. The Balaban J connectivity index is 2.08. The number of hydrogen-bond acceptors (Lipinski definition) is 2. The van der Waals surface area contributed by atoms with E-state index in [0.29, 0.717) is 0 Å². The van der Waals surface area contributed by atoms with Crippen molar-refractivity contribution >= 4 is 11.6 Å². The molecule has 1 amide bonds. The first-order valence-electron chi connectivity index (χ1n) is 6.33. The van der Waals surface area contributed by atoms with E-state index < -0.39 is 11.9 Å². The van der Waals surface area contributed by atoms with E-state index in [1.165, 1.54) is 17.0 Å². The molecular weight excluding hydrogens is 257 g/mol. The van der Waals surface area contributed by atoms with Gasteiger partial charge >= 0.3 is 0 Å². The van der Waals surface area contributed by atoms with Gasteiger partial charge in [-0.15, -0.1) is 0 Å². The maximum absolute atomic E-state index is 13.5. The number of amides is 1. The van der Waals surface area contributed by atoms with Crippen LogP contribution < -0.4 is 9.64 Å². The van der Waals surface area contributed by atoms with Crippen molar-refractivity contribution in [3.05, 3.63) is 60.4 Å². The minimum absolute atomic E-state index is 0.0785. The summed E-state index contributed by atoms with van der Waals surface area (Å²) in [5.41, 5.74) is 0.765.